The highest BCUT2D eigenvalue weighted by molar-refractivity contribution is 6.30. The number of nitrogens with one attached hydrogen (secondary N) is 1. The van der Waals surface area contributed by atoms with Crippen LogP contribution in [0.1, 0.15) is 31.0 Å². The Hall–Kier alpha value is -1.65. The van der Waals surface area contributed by atoms with E-state index < -0.39 is 5.82 Å². The molecule has 1 aromatic heterocycles. The summed E-state index contributed by atoms with van der Waals surface area (Å²) in [5.41, 5.74) is 1.84. The van der Waals surface area contributed by atoms with Crippen LogP contribution in [-0.2, 0) is 0 Å². The topological polar surface area (TPSA) is 34.2 Å². The zero-order valence-electron chi connectivity index (χ0n) is 12.1. The van der Waals surface area contributed by atoms with Gasteiger partial charge in [-0.3, -0.25) is 4.98 Å². The number of hydrogen-bond acceptors (Lipinski definition) is 3. The smallest absolute Gasteiger partial charge is 0.141 e. The molecule has 0 radical (unpaired) electrons. The van der Waals surface area contributed by atoms with Crippen LogP contribution in [0.5, 0.6) is 5.75 Å². The van der Waals surface area contributed by atoms with E-state index in [2.05, 4.69) is 10.3 Å². The predicted octanol–water partition coefficient (Wildman–Crippen LogP) is 3.97. The number of rotatable bonds is 6. The lowest BCUT2D eigenvalue weighted by Crippen LogP contribution is -2.22. The van der Waals surface area contributed by atoms with Crippen molar-refractivity contribution in [3.05, 3.63) is 58.6 Å². The minimum Gasteiger partial charge on any atom is -0.492 e. The summed E-state index contributed by atoms with van der Waals surface area (Å²) in [4.78, 5) is 4.20. The van der Waals surface area contributed by atoms with Crippen LogP contribution in [0.3, 0.4) is 0 Å². The van der Waals surface area contributed by atoms with Crippen molar-refractivity contribution < 1.29 is 9.13 Å². The number of nitrogens with zero attached hydrogens (tertiary/aromatic N) is 1. The Morgan fingerprint density at radius 3 is 2.71 bits per heavy atom. The van der Waals surface area contributed by atoms with Crippen LogP contribution in [-0.4, -0.2) is 18.1 Å². The van der Waals surface area contributed by atoms with Crippen LogP contribution >= 0.6 is 11.6 Å². The summed E-state index contributed by atoms with van der Waals surface area (Å²) >= 11 is 5.88. The number of aromatic nitrogens is 1. The van der Waals surface area contributed by atoms with Gasteiger partial charge in [-0.2, -0.15) is 0 Å². The normalized spacial score (nSPS) is 12.2. The molecule has 0 spiro atoms. The van der Waals surface area contributed by atoms with E-state index in [-0.39, 0.29) is 11.1 Å². The Morgan fingerprint density at radius 2 is 2.05 bits per heavy atom. The first-order valence-electron chi connectivity index (χ1n) is 6.91. The molecule has 3 nitrogen and oxygen atoms in total. The average Bonchev–Trinajstić information content (AvgIpc) is 2.48. The summed E-state index contributed by atoms with van der Waals surface area (Å²) in [7, 11) is 0. The van der Waals surface area contributed by atoms with Gasteiger partial charge in [-0.1, -0.05) is 24.6 Å². The summed E-state index contributed by atoms with van der Waals surface area (Å²) < 4.78 is 18.8. The molecule has 5 heteroatoms. The molecule has 112 valence electrons. The Morgan fingerprint density at radius 1 is 1.24 bits per heavy atom. The van der Waals surface area contributed by atoms with Gasteiger partial charge in [0, 0.05) is 6.20 Å². The molecule has 0 fully saturated rings. The van der Waals surface area contributed by atoms with Crippen molar-refractivity contribution in [2.24, 2.45) is 0 Å². The number of benzene rings is 1. The fraction of sp³-hybridized carbons (Fsp3) is 0.312. The molecular formula is C16H18ClFN2O. The summed E-state index contributed by atoms with van der Waals surface area (Å²) in [6.07, 6.45) is 3.45. The summed E-state index contributed by atoms with van der Waals surface area (Å²) in [5.74, 6) is 0.294. The first-order valence-corrected chi connectivity index (χ1v) is 7.29. The quantitative estimate of drug-likeness (QED) is 0.876. The lowest BCUT2D eigenvalue weighted by Gasteiger charge is -2.19. The van der Waals surface area contributed by atoms with E-state index in [0.717, 1.165) is 17.7 Å². The molecule has 2 aromatic rings. The standard InChI is InChI=1S/C16H18ClFN2O/c1-3-20-16(11-5-6-15(18)14(17)8-11)12-7-13(21-4-2)10-19-9-12/h5-10,16,20H,3-4H2,1-2H3. The highest BCUT2D eigenvalue weighted by Gasteiger charge is 2.15. The van der Waals surface area contributed by atoms with Gasteiger partial charge < -0.3 is 10.1 Å². The minimum absolute atomic E-state index is 0.110. The third-order valence-corrected chi connectivity index (χ3v) is 3.35. The van der Waals surface area contributed by atoms with Crippen molar-refractivity contribution in [3.8, 4) is 5.75 Å². The summed E-state index contributed by atoms with van der Waals surface area (Å²) in [6, 6.07) is 6.56. The molecule has 1 atom stereocenters. The SMILES string of the molecule is CCNC(c1cncc(OCC)c1)c1ccc(F)c(Cl)c1. The zero-order chi connectivity index (χ0) is 15.2. The third kappa shape index (κ3) is 3.93. The molecule has 0 bridgehead atoms. The Labute approximate surface area is 129 Å². The number of ether oxygens (including phenoxy) is 1. The first kappa shape index (κ1) is 15.7. The third-order valence-electron chi connectivity index (χ3n) is 3.06. The second-order valence-electron chi connectivity index (χ2n) is 4.55. The van der Waals surface area contributed by atoms with Gasteiger partial charge in [0.05, 0.1) is 23.9 Å². The maximum Gasteiger partial charge on any atom is 0.141 e. The van der Waals surface area contributed by atoms with Crippen LogP contribution < -0.4 is 10.1 Å². The van der Waals surface area contributed by atoms with E-state index >= 15 is 0 Å². The molecule has 1 N–H and O–H groups in total. The lowest BCUT2D eigenvalue weighted by molar-refractivity contribution is 0.338. The van der Waals surface area contributed by atoms with Crippen LogP contribution in [0.25, 0.3) is 0 Å². The van der Waals surface area contributed by atoms with Crippen molar-refractivity contribution in [1.82, 2.24) is 10.3 Å². The maximum atomic E-state index is 13.3. The van der Waals surface area contributed by atoms with Gasteiger partial charge in [0.15, 0.2) is 0 Å². The molecule has 0 aliphatic carbocycles. The van der Waals surface area contributed by atoms with Crippen LogP contribution in [0.15, 0.2) is 36.7 Å². The molecule has 2 rings (SSSR count). The molecule has 0 aliphatic rings. The fourth-order valence-electron chi connectivity index (χ4n) is 2.16. The average molecular weight is 309 g/mol. The number of halogens is 2. The van der Waals surface area contributed by atoms with E-state index in [4.69, 9.17) is 16.3 Å². The second-order valence-corrected chi connectivity index (χ2v) is 4.96. The van der Waals surface area contributed by atoms with Gasteiger partial charge in [-0.15, -0.1) is 0 Å². The molecule has 1 heterocycles. The molecule has 21 heavy (non-hydrogen) atoms. The summed E-state index contributed by atoms with van der Waals surface area (Å²) in [6.45, 7) is 5.28. The maximum absolute atomic E-state index is 13.3. The van der Waals surface area contributed by atoms with Crippen LogP contribution in [0, 0.1) is 5.82 Å². The van der Waals surface area contributed by atoms with Crippen molar-refractivity contribution in [1.29, 1.82) is 0 Å². The molecule has 0 saturated carbocycles. The minimum atomic E-state index is -0.420. The van der Waals surface area contributed by atoms with E-state index in [1.54, 1.807) is 24.5 Å². The largest absolute Gasteiger partial charge is 0.492 e. The van der Waals surface area contributed by atoms with Gasteiger partial charge in [0.1, 0.15) is 11.6 Å². The lowest BCUT2D eigenvalue weighted by atomic mass is 10.00. The number of pyridine rings is 1. The van der Waals surface area contributed by atoms with Gasteiger partial charge in [0.2, 0.25) is 0 Å². The van der Waals surface area contributed by atoms with E-state index in [9.17, 15) is 4.39 Å². The van der Waals surface area contributed by atoms with Crippen molar-refractivity contribution in [2.45, 2.75) is 19.9 Å². The van der Waals surface area contributed by atoms with E-state index in [1.807, 2.05) is 19.9 Å². The van der Waals surface area contributed by atoms with Crippen molar-refractivity contribution >= 4 is 11.6 Å². The van der Waals surface area contributed by atoms with Crippen LogP contribution in [0.2, 0.25) is 5.02 Å². The van der Waals surface area contributed by atoms with Crippen LogP contribution in [0.4, 0.5) is 4.39 Å². The summed E-state index contributed by atoms with van der Waals surface area (Å²) in [5, 5.41) is 3.47. The number of hydrogen-bond donors (Lipinski definition) is 1. The van der Waals surface area contributed by atoms with Crippen molar-refractivity contribution in [2.75, 3.05) is 13.2 Å². The van der Waals surface area contributed by atoms with Gasteiger partial charge >= 0.3 is 0 Å². The zero-order valence-corrected chi connectivity index (χ0v) is 12.8. The van der Waals surface area contributed by atoms with Gasteiger partial charge in [0.25, 0.3) is 0 Å². The van der Waals surface area contributed by atoms with Gasteiger partial charge in [-0.05, 0) is 42.8 Å². The molecule has 1 unspecified atom stereocenters. The van der Waals surface area contributed by atoms with E-state index in [1.165, 1.54) is 6.07 Å². The Balaban J connectivity index is 2.37. The Bertz CT molecular complexity index is 607. The monoisotopic (exact) mass is 308 g/mol. The fourth-order valence-corrected chi connectivity index (χ4v) is 2.35. The molecule has 0 amide bonds. The molecular weight excluding hydrogens is 291 g/mol. The first-order chi connectivity index (χ1) is 10.2. The Kier molecular flexibility index (Phi) is 5.53. The predicted molar refractivity (Wildman–Crippen MR) is 82.3 cm³/mol. The molecule has 1 aromatic carbocycles. The van der Waals surface area contributed by atoms with Crippen molar-refractivity contribution in [3.63, 3.8) is 0 Å². The molecule has 0 saturated heterocycles. The highest BCUT2D eigenvalue weighted by atomic mass is 35.5. The highest BCUT2D eigenvalue weighted by Crippen LogP contribution is 2.27. The second kappa shape index (κ2) is 7.38. The molecule has 0 aliphatic heterocycles. The van der Waals surface area contributed by atoms with Gasteiger partial charge in [-0.25, -0.2) is 4.39 Å². The van der Waals surface area contributed by atoms with E-state index in [0.29, 0.717) is 12.4 Å².